The highest BCUT2D eigenvalue weighted by atomic mass is 16.1. The normalized spacial score (nSPS) is 33.0. The lowest BCUT2D eigenvalue weighted by molar-refractivity contribution is -0.115. The minimum Gasteiger partial charge on any atom is -0.295 e. The number of fused-ring (bicyclic) bond motifs is 2. The molecule has 3 aliphatic rings. The van der Waals surface area contributed by atoms with Crippen molar-refractivity contribution < 1.29 is 9.59 Å². The molecule has 1 fully saturated rings. The first-order valence-electron chi connectivity index (χ1n) is 7.32. The van der Waals surface area contributed by atoms with Crippen LogP contribution in [0.25, 0.3) is 0 Å². The van der Waals surface area contributed by atoms with Crippen LogP contribution < -0.4 is 0 Å². The lowest BCUT2D eigenvalue weighted by Crippen LogP contribution is -2.31. The van der Waals surface area contributed by atoms with Gasteiger partial charge in [0.2, 0.25) is 0 Å². The average molecular weight is 268 g/mol. The zero-order valence-corrected chi connectivity index (χ0v) is 11.9. The Bertz CT molecular complexity index is 589. The molecule has 1 saturated carbocycles. The highest BCUT2D eigenvalue weighted by Gasteiger charge is 2.43. The van der Waals surface area contributed by atoms with E-state index in [0.29, 0.717) is 18.8 Å². The molecule has 0 spiro atoms. The van der Waals surface area contributed by atoms with Gasteiger partial charge in [-0.05, 0) is 44.1 Å². The van der Waals surface area contributed by atoms with E-state index in [0.717, 1.165) is 35.1 Å². The highest BCUT2D eigenvalue weighted by Crippen LogP contribution is 2.49. The summed E-state index contributed by atoms with van der Waals surface area (Å²) in [7, 11) is 0. The molecule has 0 amide bonds. The first-order valence-corrected chi connectivity index (χ1v) is 7.32. The lowest BCUT2D eigenvalue weighted by atomic mass is 9.65. The molecule has 0 aromatic heterocycles. The summed E-state index contributed by atoms with van der Waals surface area (Å²) in [6.45, 7) is 10.3. The van der Waals surface area contributed by atoms with Crippen LogP contribution in [0.1, 0.15) is 32.6 Å². The van der Waals surface area contributed by atoms with Gasteiger partial charge in [0.1, 0.15) is 0 Å². The summed E-state index contributed by atoms with van der Waals surface area (Å²) in [5.74, 6) is 0.712. The summed E-state index contributed by atoms with van der Waals surface area (Å²) in [5.41, 5.74) is 3.75. The van der Waals surface area contributed by atoms with Gasteiger partial charge >= 0.3 is 0 Å². The fourth-order valence-corrected chi connectivity index (χ4v) is 4.00. The average Bonchev–Trinajstić information content (AvgIpc) is 2.69. The van der Waals surface area contributed by atoms with E-state index in [1.165, 1.54) is 0 Å². The van der Waals surface area contributed by atoms with Gasteiger partial charge in [-0.3, -0.25) is 9.59 Å². The second-order valence-corrected chi connectivity index (χ2v) is 6.24. The van der Waals surface area contributed by atoms with Crippen LogP contribution in [0.3, 0.4) is 0 Å². The van der Waals surface area contributed by atoms with Crippen molar-refractivity contribution in [3.8, 4) is 0 Å². The number of carbonyl (C=O) groups excluding carboxylic acids is 2. The van der Waals surface area contributed by atoms with Crippen molar-refractivity contribution >= 4 is 11.6 Å². The first kappa shape index (κ1) is 13.3. The van der Waals surface area contributed by atoms with Gasteiger partial charge < -0.3 is 0 Å². The van der Waals surface area contributed by atoms with Gasteiger partial charge in [-0.25, -0.2) is 0 Å². The smallest absolute Gasteiger partial charge is 0.181 e. The van der Waals surface area contributed by atoms with Gasteiger partial charge in [0.15, 0.2) is 11.6 Å². The molecule has 0 heterocycles. The molecule has 3 atom stereocenters. The van der Waals surface area contributed by atoms with Crippen molar-refractivity contribution in [1.82, 2.24) is 0 Å². The zero-order valence-electron chi connectivity index (χ0n) is 11.9. The molecule has 0 saturated heterocycles. The molecule has 0 aliphatic heterocycles. The van der Waals surface area contributed by atoms with Gasteiger partial charge in [0.05, 0.1) is 0 Å². The maximum Gasteiger partial charge on any atom is 0.181 e. The number of rotatable bonds is 1. The summed E-state index contributed by atoms with van der Waals surface area (Å²) in [5, 5.41) is 0. The van der Waals surface area contributed by atoms with E-state index < -0.39 is 0 Å². The molecule has 104 valence electrons. The van der Waals surface area contributed by atoms with Crippen molar-refractivity contribution in [3.05, 3.63) is 47.6 Å². The van der Waals surface area contributed by atoms with Crippen molar-refractivity contribution in [3.63, 3.8) is 0 Å². The molecule has 0 radical (unpaired) electrons. The second-order valence-electron chi connectivity index (χ2n) is 6.24. The largest absolute Gasteiger partial charge is 0.295 e. The number of allylic oxidation sites excluding steroid dienone is 6. The molecule has 0 N–H and O–H groups in total. The fraction of sp³-hybridized carbons (Fsp3) is 0.444. The van der Waals surface area contributed by atoms with Crippen LogP contribution in [0.5, 0.6) is 0 Å². The molecular weight excluding hydrogens is 248 g/mol. The van der Waals surface area contributed by atoms with Gasteiger partial charge in [-0.2, -0.15) is 0 Å². The monoisotopic (exact) mass is 268 g/mol. The van der Waals surface area contributed by atoms with E-state index >= 15 is 0 Å². The van der Waals surface area contributed by atoms with Crippen LogP contribution in [-0.2, 0) is 9.59 Å². The molecular formula is C18H20O2. The predicted molar refractivity (Wildman–Crippen MR) is 79.1 cm³/mol. The topological polar surface area (TPSA) is 34.1 Å². The van der Waals surface area contributed by atoms with Crippen LogP contribution in [0, 0.1) is 17.8 Å². The lowest BCUT2D eigenvalue weighted by Gasteiger charge is -2.38. The number of carbonyl (C=O) groups is 2. The quantitative estimate of drug-likeness (QED) is 0.681. The predicted octanol–water partition coefficient (Wildman–Crippen LogP) is 3.56. The molecule has 3 aliphatic carbocycles. The van der Waals surface area contributed by atoms with E-state index in [4.69, 9.17) is 0 Å². The van der Waals surface area contributed by atoms with E-state index in [-0.39, 0.29) is 23.4 Å². The van der Waals surface area contributed by atoms with Crippen LogP contribution >= 0.6 is 0 Å². The van der Waals surface area contributed by atoms with Gasteiger partial charge in [-0.15, -0.1) is 0 Å². The Kier molecular flexibility index (Phi) is 3.12. The Morgan fingerprint density at radius 2 is 2.00 bits per heavy atom. The maximum atomic E-state index is 12.3. The Morgan fingerprint density at radius 1 is 1.25 bits per heavy atom. The summed E-state index contributed by atoms with van der Waals surface area (Å²) in [6.07, 6.45) is 6.70. The van der Waals surface area contributed by atoms with E-state index in [1.807, 2.05) is 13.0 Å². The third-order valence-electron chi connectivity index (χ3n) is 5.00. The van der Waals surface area contributed by atoms with Crippen LogP contribution in [0.2, 0.25) is 0 Å². The third-order valence-corrected chi connectivity index (χ3v) is 5.00. The SMILES string of the molecule is C=C1CC[C@H](C(=C)C)[C@H]2C=CC(=O)C3=C(C(=O)CC3)[C@H]12. The number of hydrogen-bond donors (Lipinski definition) is 0. The Balaban J connectivity index is 2.14. The summed E-state index contributed by atoms with van der Waals surface area (Å²) in [4.78, 5) is 24.5. The van der Waals surface area contributed by atoms with Crippen molar-refractivity contribution in [2.75, 3.05) is 0 Å². The number of Topliss-reactive ketones (excluding diaryl/α,β-unsaturated/α-hetero) is 1. The zero-order chi connectivity index (χ0) is 14.4. The first-order chi connectivity index (χ1) is 9.50. The highest BCUT2D eigenvalue weighted by molar-refractivity contribution is 6.14. The maximum absolute atomic E-state index is 12.3. The summed E-state index contributed by atoms with van der Waals surface area (Å²) < 4.78 is 0. The molecule has 0 bridgehead atoms. The van der Waals surface area contributed by atoms with Crippen LogP contribution in [0.4, 0.5) is 0 Å². The summed E-state index contributed by atoms with van der Waals surface area (Å²) >= 11 is 0. The minimum atomic E-state index is 0.0218. The third kappa shape index (κ3) is 1.86. The van der Waals surface area contributed by atoms with Crippen molar-refractivity contribution in [2.45, 2.75) is 32.6 Å². The molecule has 0 aromatic rings. The number of hydrogen-bond acceptors (Lipinski definition) is 2. The molecule has 0 unspecified atom stereocenters. The van der Waals surface area contributed by atoms with Crippen molar-refractivity contribution in [2.24, 2.45) is 17.8 Å². The van der Waals surface area contributed by atoms with Crippen molar-refractivity contribution in [1.29, 1.82) is 0 Å². The summed E-state index contributed by atoms with van der Waals surface area (Å²) in [6, 6.07) is 0. The Hall–Kier alpha value is -1.70. The second kappa shape index (κ2) is 4.69. The van der Waals surface area contributed by atoms with E-state index in [1.54, 1.807) is 6.08 Å². The molecule has 2 nitrogen and oxygen atoms in total. The van der Waals surface area contributed by atoms with Gasteiger partial charge in [0, 0.05) is 23.5 Å². The fourth-order valence-electron chi connectivity index (χ4n) is 4.00. The molecule has 3 rings (SSSR count). The van der Waals surface area contributed by atoms with Gasteiger partial charge in [-0.1, -0.05) is 30.4 Å². The standard InChI is InChI=1S/C18H20O2/c1-10(2)12-5-4-11(3)17-13(12)6-8-15(19)14-7-9-16(20)18(14)17/h6,8,12-13,17H,1,3-5,7,9H2,2H3/t12-,13-,17-/m1/s1. The Labute approximate surface area is 119 Å². The van der Waals surface area contributed by atoms with Gasteiger partial charge in [0.25, 0.3) is 0 Å². The van der Waals surface area contributed by atoms with Crippen LogP contribution in [0.15, 0.2) is 47.6 Å². The number of ketones is 2. The Morgan fingerprint density at radius 3 is 2.70 bits per heavy atom. The van der Waals surface area contributed by atoms with Crippen LogP contribution in [-0.4, -0.2) is 11.6 Å². The van der Waals surface area contributed by atoms with E-state index in [2.05, 4.69) is 13.2 Å². The minimum absolute atomic E-state index is 0.0218. The molecule has 0 aromatic carbocycles. The van der Waals surface area contributed by atoms with E-state index in [9.17, 15) is 9.59 Å². The molecule has 20 heavy (non-hydrogen) atoms. The molecule has 2 heteroatoms.